The number of nitrogens with one attached hydrogen (secondary N) is 1. The molecule has 2 N–H and O–H groups in total. The normalized spacial score (nSPS) is 16.6. The highest BCUT2D eigenvalue weighted by molar-refractivity contribution is 5.97. The van der Waals surface area contributed by atoms with Crippen LogP contribution in [0.15, 0.2) is 18.2 Å². The lowest BCUT2D eigenvalue weighted by Crippen LogP contribution is -2.57. The van der Waals surface area contributed by atoms with Crippen LogP contribution in [0.25, 0.3) is 0 Å². The third-order valence-corrected chi connectivity index (χ3v) is 4.26. The van der Waals surface area contributed by atoms with E-state index in [0.717, 1.165) is 12.8 Å². The summed E-state index contributed by atoms with van der Waals surface area (Å²) in [6.45, 7) is 0.601. The van der Waals surface area contributed by atoms with Crippen molar-refractivity contribution in [3.63, 3.8) is 0 Å². The second kappa shape index (κ2) is 5.71. The van der Waals surface area contributed by atoms with Crippen LogP contribution in [0.5, 0.6) is 11.5 Å². The van der Waals surface area contributed by atoms with Gasteiger partial charge in [-0.1, -0.05) is 0 Å². The molecule has 0 atom stereocenters. The van der Waals surface area contributed by atoms with E-state index >= 15 is 0 Å². The highest BCUT2D eigenvalue weighted by Gasteiger charge is 2.39. The Morgan fingerprint density at radius 1 is 1.45 bits per heavy atom. The highest BCUT2D eigenvalue weighted by Crippen LogP contribution is 2.35. The van der Waals surface area contributed by atoms with E-state index in [4.69, 9.17) is 4.74 Å². The maximum atomic E-state index is 12.1. The van der Waals surface area contributed by atoms with Gasteiger partial charge < -0.3 is 20.1 Å². The van der Waals surface area contributed by atoms with Crippen LogP contribution >= 0.6 is 0 Å². The summed E-state index contributed by atoms with van der Waals surface area (Å²) in [4.78, 5) is 14.3. The Hall–Kier alpha value is -1.75. The number of aromatic hydroxyl groups is 1. The summed E-state index contributed by atoms with van der Waals surface area (Å²) in [5.41, 5.74) is 0.344. The number of nitrogens with zero attached hydrogens (tertiary/aromatic N) is 1. The van der Waals surface area contributed by atoms with Crippen LogP contribution in [-0.4, -0.2) is 49.2 Å². The van der Waals surface area contributed by atoms with Gasteiger partial charge in [0.15, 0.2) is 0 Å². The van der Waals surface area contributed by atoms with Crippen molar-refractivity contribution in [3.8, 4) is 11.5 Å². The first-order valence-corrected chi connectivity index (χ1v) is 6.81. The quantitative estimate of drug-likeness (QED) is 0.859. The van der Waals surface area contributed by atoms with Crippen molar-refractivity contribution in [2.24, 2.45) is 0 Å². The maximum absolute atomic E-state index is 12.1. The van der Waals surface area contributed by atoms with Gasteiger partial charge in [0.25, 0.3) is 5.91 Å². The molecule has 1 aromatic carbocycles. The molecule has 0 bridgehead atoms. The molecule has 1 amide bonds. The van der Waals surface area contributed by atoms with E-state index in [1.165, 1.54) is 19.6 Å². The summed E-state index contributed by atoms with van der Waals surface area (Å²) in [5, 5.41) is 12.8. The first kappa shape index (κ1) is 14.7. The maximum Gasteiger partial charge on any atom is 0.255 e. The Bertz CT molecular complexity index is 496. The number of carbonyl (C=O) groups excluding carboxylic acids is 1. The van der Waals surface area contributed by atoms with E-state index in [1.54, 1.807) is 12.1 Å². The number of benzene rings is 1. The van der Waals surface area contributed by atoms with E-state index in [1.807, 2.05) is 14.1 Å². The summed E-state index contributed by atoms with van der Waals surface area (Å²) >= 11 is 0. The number of hydrogen-bond acceptors (Lipinski definition) is 4. The molecular weight excluding hydrogens is 256 g/mol. The van der Waals surface area contributed by atoms with E-state index < -0.39 is 0 Å². The van der Waals surface area contributed by atoms with Gasteiger partial charge in [0.05, 0.1) is 12.7 Å². The van der Waals surface area contributed by atoms with Crippen LogP contribution in [-0.2, 0) is 0 Å². The first-order valence-electron chi connectivity index (χ1n) is 6.81. The number of amides is 1. The van der Waals surface area contributed by atoms with Gasteiger partial charge in [-0.05, 0) is 45.5 Å². The lowest BCUT2D eigenvalue weighted by atomic mass is 9.75. The number of methoxy groups -OCH3 is 1. The van der Waals surface area contributed by atoms with E-state index in [0.29, 0.717) is 12.3 Å². The zero-order valence-electron chi connectivity index (χ0n) is 12.3. The van der Waals surface area contributed by atoms with Crippen molar-refractivity contribution in [2.75, 3.05) is 27.7 Å². The van der Waals surface area contributed by atoms with Crippen LogP contribution < -0.4 is 10.1 Å². The molecule has 5 nitrogen and oxygen atoms in total. The molecule has 110 valence electrons. The van der Waals surface area contributed by atoms with Gasteiger partial charge in [0.2, 0.25) is 0 Å². The number of ether oxygens (including phenoxy) is 1. The highest BCUT2D eigenvalue weighted by atomic mass is 16.5. The van der Waals surface area contributed by atoms with E-state index in [2.05, 4.69) is 10.2 Å². The molecule has 0 heterocycles. The molecule has 1 aromatic rings. The summed E-state index contributed by atoms with van der Waals surface area (Å²) in [5.74, 6) is 0.218. The van der Waals surface area contributed by atoms with Crippen molar-refractivity contribution >= 4 is 5.91 Å². The summed E-state index contributed by atoms with van der Waals surface area (Å²) in [7, 11) is 5.60. The number of phenolic OH excluding ortho intramolecular Hbond substituents is 1. The van der Waals surface area contributed by atoms with Gasteiger partial charge >= 0.3 is 0 Å². The lowest BCUT2D eigenvalue weighted by Gasteiger charge is -2.47. The molecule has 0 unspecified atom stereocenters. The first-order chi connectivity index (χ1) is 9.48. The summed E-state index contributed by atoms with van der Waals surface area (Å²) < 4.78 is 5.00. The molecular formula is C15H22N2O3. The molecule has 20 heavy (non-hydrogen) atoms. The van der Waals surface area contributed by atoms with Crippen LogP contribution in [0, 0.1) is 0 Å². The smallest absolute Gasteiger partial charge is 0.255 e. The van der Waals surface area contributed by atoms with Crippen LogP contribution in [0.3, 0.4) is 0 Å². The number of hydrogen-bond donors (Lipinski definition) is 2. The SMILES string of the molecule is COc1ccc(C(=O)NCC2(N(C)C)CCC2)c(O)c1. The summed E-state index contributed by atoms with van der Waals surface area (Å²) in [6.07, 6.45) is 3.38. The Morgan fingerprint density at radius 2 is 2.15 bits per heavy atom. The molecule has 1 fully saturated rings. The minimum Gasteiger partial charge on any atom is -0.507 e. The Morgan fingerprint density at radius 3 is 2.60 bits per heavy atom. The number of carbonyl (C=O) groups is 1. The molecule has 0 spiro atoms. The number of phenols is 1. The van der Waals surface area contributed by atoms with Crippen molar-refractivity contribution in [1.82, 2.24) is 10.2 Å². The monoisotopic (exact) mass is 278 g/mol. The van der Waals surface area contributed by atoms with Crippen LogP contribution in [0.1, 0.15) is 29.6 Å². The van der Waals surface area contributed by atoms with Crippen molar-refractivity contribution in [2.45, 2.75) is 24.8 Å². The minimum atomic E-state index is -0.252. The van der Waals surface area contributed by atoms with Gasteiger partial charge in [-0.2, -0.15) is 0 Å². The third-order valence-electron chi connectivity index (χ3n) is 4.26. The minimum absolute atomic E-state index is 0.0608. The van der Waals surface area contributed by atoms with Crippen molar-refractivity contribution < 1.29 is 14.6 Å². The van der Waals surface area contributed by atoms with Crippen molar-refractivity contribution in [3.05, 3.63) is 23.8 Å². The largest absolute Gasteiger partial charge is 0.507 e. The zero-order valence-corrected chi connectivity index (χ0v) is 12.3. The fraction of sp³-hybridized carbons (Fsp3) is 0.533. The van der Waals surface area contributed by atoms with Gasteiger partial charge in [-0.15, -0.1) is 0 Å². The topological polar surface area (TPSA) is 61.8 Å². The molecule has 0 aliphatic heterocycles. The van der Waals surface area contributed by atoms with Crippen LogP contribution in [0.2, 0.25) is 0 Å². The average Bonchev–Trinajstić information content (AvgIpc) is 2.36. The Labute approximate surface area is 119 Å². The van der Waals surface area contributed by atoms with Crippen LogP contribution in [0.4, 0.5) is 0 Å². The molecule has 5 heteroatoms. The van der Waals surface area contributed by atoms with E-state index in [-0.39, 0.29) is 22.8 Å². The van der Waals surface area contributed by atoms with Gasteiger partial charge in [-0.3, -0.25) is 4.79 Å². The summed E-state index contributed by atoms with van der Waals surface area (Å²) in [6, 6.07) is 4.69. The second-order valence-electron chi connectivity index (χ2n) is 5.54. The fourth-order valence-electron chi connectivity index (χ4n) is 2.54. The van der Waals surface area contributed by atoms with Gasteiger partial charge in [0.1, 0.15) is 11.5 Å². The number of rotatable bonds is 5. The predicted molar refractivity (Wildman–Crippen MR) is 77.3 cm³/mol. The number of likely N-dealkylation sites (N-methyl/N-ethyl adjacent to an activating group) is 1. The van der Waals surface area contributed by atoms with Crippen molar-refractivity contribution in [1.29, 1.82) is 0 Å². The Kier molecular flexibility index (Phi) is 4.18. The molecule has 0 radical (unpaired) electrons. The third kappa shape index (κ3) is 2.72. The second-order valence-corrected chi connectivity index (χ2v) is 5.54. The fourth-order valence-corrected chi connectivity index (χ4v) is 2.54. The molecule has 2 rings (SSSR count). The molecule has 0 aromatic heterocycles. The van der Waals surface area contributed by atoms with Gasteiger partial charge in [-0.25, -0.2) is 0 Å². The average molecular weight is 278 g/mol. The lowest BCUT2D eigenvalue weighted by molar-refractivity contribution is 0.0557. The zero-order chi connectivity index (χ0) is 14.8. The molecule has 0 saturated heterocycles. The Balaban J connectivity index is 2.02. The van der Waals surface area contributed by atoms with E-state index in [9.17, 15) is 9.90 Å². The molecule has 1 aliphatic rings. The van der Waals surface area contributed by atoms with Gasteiger partial charge in [0, 0.05) is 18.2 Å². The molecule has 1 aliphatic carbocycles. The standard InChI is InChI=1S/C15H22N2O3/c1-17(2)15(7-4-8-15)10-16-14(19)12-6-5-11(20-3)9-13(12)18/h5-6,9,18H,4,7-8,10H2,1-3H3,(H,16,19). The molecule has 1 saturated carbocycles. The predicted octanol–water partition coefficient (Wildman–Crippen LogP) is 1.61.